The van der Waals surface area contributed by atoms with E-state index in [1.807, 2.05) is 37.3 Å². The van der Waals surface area contributed by atoms with Crippen LogP contribution in [-0.4, -0.2) is 37.8 Å². The lowest BCUT2D eigenvalue weighted by molar-refractivity contribution is -0.119. The van der Waals surface area contributed by atoms with Crippen LogP contribution in [0.3, 0.4) is 0 Å². The summed E-state index contributed by atoms with van der Waals surface area (Å²) in [6.07, 6.45) is 1.04. The molecule has 3 rings (SSSR count). The van der Waals surface area contributed by atoms with Gasteiger partial charge in [-0.05, 0) is 30.2 Å². The van der Waals surface area contributed by atoms with Gasteiger partial charge in [0, 0.05) is 7.05 Å². The molecule has 8 heteroatoms. The van der Waals surface area contributed by atoms with Crippen LogP contribution in [0, 0.1) is 0 Å². The standard InChI is InChI=1S/C25H27N3O4S/c1-18(19-12-6-4-7-13-19)26-24(29)21-16-10-11-17-22(21)27-25(30)23(28(2)33(3,31)32)20-14-8-5-9-15-20/h4-18,23H,1-3H3,(H,26,29)(H,27,30)/t18-,23-/m1/s1. The molecule has 0 saturated carbocycles. The zero-order valence-corrected chi connectivity index (χ0v) is 19.5. The van der Waals surface area contributed by atoms with Gasteiger partial charge in [-0.15, -0.1) is 0 Å². The number of para-hydroxylation sites is 1. The lowest BCUT2D eigenvalue weighted by Gasteiger charge is -2.26. The minimum absolute atomic E-state index is 0.240. The van der Waals surface area contributed by atoms with Crippen molar-refractivity contribution < 1.29 is 18.0 Å². The van der Waals surface area contributed by atoms with Crippen molar-refractivity contribution in [2.75, 3.05) is 18.6 Å². The smallest absolute Gasteiger partial charge is 0.253 e. The Bertz CT molecular complexity index is 1210. The number of amides is 2. The van der Waals surface area contributed by atoms with Gasteiger partial charge >= 0.3 is 0 Å². The van der Waals surface area contributed by atoms with Crippen LogP contribution >= 0.6 is 0 Å². The van der Waals surface area contributed by atoms with Crippen molar-refractivity contribution in [1.29, 1.82) is 0 Å². The first kappa shape index (κ1) is 24.2. The minimum Gasteiger partial charge on any atom is -0.345 e. The van der Waals surface area contributed by atoms with Gasteiger partial charge in [-0.1, -0.05) is 72.8 Å². The Kier molecular flexibility index (Phi) is 7.63. The highest BCUT2D eigenvalue weighted by molar-refractivity contribution is 7.88. The number of likely N-dealkylation sites (N-methyl/N-ethyl adjacent to an activating group) is 1. The van der Waals surface area contributed by atoms with Crippen molar-refractivity contribution in [1.82, 2.24) is 9.62 Å². The van der Waals surface area contributed by atoms with E-state index in [-0.39, 0.29) is 17.5 Å². The molecule has 172 valence electrons. The number of hydrogen-bond acceptors (Lipinski definition) is 4. The monoisotopic (exact) mass is 465 g/mol. The van der Waals surface area contributed by atoms with Crippen LogP contribution in [-0.2, 0) is 14.8 Å². The Balaban J connectivity index is 1.86. The number of carbonyl (C=O) groups excluding carboxylic acids is 2. The van der Waals surface area contributed by atoms with Gasteiger partial charge in [0.05, 0.1) is 23.5 Å². The Morgan fingerprint density at radius 3 is 1.91 bits per heavy atom. The normalized spacial score (nSPS) is 13.2. The number of benzene rings is 3. The Morgan fingerprint density at radius 1 is 0.818 bits per heavy atom. The molecule has 0 radical (unpaired) electrons. The lowest BCUT2D eigenvalue weighted by Crippen LogP contribution is -2.38. The molecule has 0 bridgehead atoms. The molecule has 7 nitrogen and oxygen atoms in total. The van der Waals surface area contributed by atoms with Gasteiger partial charge < -0.3 is 10.6 Å². The third-order valence-electron chi connectivity index (χ3n) is 5.33. The number of sulfonamides is 1. The molecule has 0 saturated heterocycles. The fourth-order valence-corrected chi connectivity index (χ4v) is 4.04. The highest BCUT2D eigenvalue weighted by atomic mass is 32.2. The number of nitrogens with one attached hydrogen (secondary N) is 2. The molecule has 0 unspecified atom stereocenters. The van der Waals surface area contributed by atoms with Gasteiger partial charge in [0.2, 0.25) is 15.9 Å². The molecule has 3 aromatic carbocycles. The van der Waals surface area contributed by atoms with E-state index in [9.17, 15) is 18.0 Å². The predicted molar refractivity (Wildman–Crippen MR) is 129 cm³/mol. The zero-order chi connectivity index (χ0) is 24.0. The second-order valence-corrected chi connectivity index (χ2v) is 9.78. The molecule has 0 aromatic heterocycles. The molecule has 2 N–H and O–H groups in total. The molecule has 33 heavy (non-hydrogen) atoms. The second kappa shape index (κ2) is 10.4. The predicted octanol–water partition coefficient (Wildman–Crippen LogP) is 3.75. The maximum atomic E-state index is 13.3. The topological polar surface area (TPSA) is 95.6 Å². The fraction of sp³-hybridized carbons (Fsp3) is 0.200. The van der Waals surface area contributed by atoms with Gasteiger partial charge in [0.15, 0.2) is 0 Å². The van der Waals surface area contributed by atoms with E-state index in [1.165, 1.54) is 7.05 Å². The van der Waals surface area contributed by atoms with Gasteiger partial charge in [-0.25, -0.2) is 8.42 Å². The first-order valence-electron chi connectivity index (χ1n) is 10.4. The molecule has 0 fully saturated rings. The summed E-state index contributed by atoms with van der Waals surface area (Å²) in [5, 5.41) is 5.69. The largest absolute Gasteiger partial charge is 0.345 e. The van der Waals surface area contributed by atoms with E-state index >= 15 is 0 Å². The Morgan fingerprint density at radius 2 is 1.33 bits per heavy atom. The van der Waals surface area contributed by atoms with Crippen LogP contribution in [0.1, 0.15) is 40.5 Å². The van der Waals surface area contributed by atoms with E-state index in [0.29, 0.717) is 11.3 Å². The number of rotatable bonds is 8. The minimum atomic E-state index is -3.67. The highest BCUT2D eigenvalue weighted by Gasteiger charge is 2.31. The summed E-state index contributed by atoms with van der Waals surface area (Å²) in [5.74, 6) is -0.916. The summed E-state index contributed by atoms with van der Waals surface area (Å²) in [6.45, 7) is 1.88. The quantitative estimate of drug-likeness (QED) is 0.530. The third kappa shape index (κ3) is 6.06. The average molecular weight is 466 g/mol. The SMILES string of the molecule is C[C@@H](NC(=O)c1ccccc1NC(=O)[C@@H](c1ccccc1)N(C)S(C)(=O)=O)c1ccccc1. The molecule has 0 spiro atoms. The van der Waals surface area contributed by atoms with Crippen LogP contribution in [0.15, 0.2) is 84.9 Å². The Labute approximate surface area is 194 Å². The van der Waals surface area contributed by atoms with Gasteiger partial charge in [-0.3, -0.25) is 9.59 Å². The van der Waals surface area contributed by atoms with Crippen molar-refractivity contribution in [3.63, 3.8) is 0 Å². The van der Waals surface area contributed by atoms with Crippen molar-refractivity contribution >= 4 is 27.5 Å². The van der Waals surface area contributed by atoms with E-state index in [2.05, 4.69) is 10.6 Å². The molecule has 0 aliphatic carbocycles. The number of carbonyl (C=O) groups is 2. The molecular weight excluding hydrogens is 438 g/mol. The summed E-state index contributed by atoms with van der Waals surface area (Å²) in [7, 11) is -2.31. The molecular formula is C25H27N3O4S. The summed E-state index contributed by atoms with van der Waals surface area (Å²) in [5.41, 5.74) is 2.04. The number of hydrogen-bond donors (Lipinski definition) is 2. The maximum Gasteiger partial charge on any atom is 0.253 e. The van der Waals surface area contributed by atoms with Crippen LogP contribution in [0.25, 0.3) is 0 Å². The van der Waals surface area contributed by atoms with Crippen molar-refractivity contribution in [2.45, 2.75) is 19.0 Å². The number of anilines is 1. The first-order valence-corrected chi connectivity index (χ1v) is 12.3. The highest BCUT2D eigenvalue weighted by Crippen LogP contribution is 2.25. The second-order valence-electron chi connectivity index (χ2n) is 7.73. The summed E-state index contributed by atoms with van der Waals surface area (Å²) in [6, 6.07) is 23.5. The van der Waals surface area contributed by atoms with Crippen molar-refractivity contribution in [3.8, 4) is 0 Å². The first-order chi connectivity index (χ1) is 15.7. The molecule has 2 amide bonds. The van der Waals surface area contributed by atoms with E-state index in [0.717, 1.165) is 16.1 Å². The Hall–Kier alpha value is -3.49. The molecule has 0 aliphatic rings. The van der Waals surface area contributed by atoms with Crippen LogP contribution in [0.2, 0.25) is 0 Å². The molecule has 2 atom stereocenters. The molecule has 3 aromatic rings. The molecule has 0 heterocycles. The summed E-state index contributed by atoms with van der Waals surface area (Å²) >= 11 is 0. The van der Waals surface area contributed by atoms with Crippen LogP contribution in [0.5, 0.6) is 0 Å². The van der Waals surface area contributed by atoms with Crippen molar-refractivity contribution in [3.05, 3.63) is 102 Å². The van der Waals surface area contributed by atoms with E-state index in [1.54, 1.807) is 54.6 Å². The van der Waals surface area contributed by atoms with Crippen LogP contribution < -0.4 is 10.6 Å². The summed E-state index contributed by atoms with van der Waals surface area (Å²) < 4.78 is 25.4. The summed E-state index contributed by atoms with van der Waals surface area (Å²) in [4.78, 5) is 26.3. The third-order valence-corrected chi connectivity index (χ3v) is 6.58. The van der Waals surface area contributed by atoms with Crippen LogP contribution in [0.4, 0.5) is 5.69 Å². The average Bonchev–Trinajstić information content (AvgIpc) is 2.80. The lowest BCUT2D eigenvalue weighted by atomic mass is 10.1. The van der Waals surface area contributed by atoms with Crippen molar-refractivity contribution in [2.24, 2.45) is 0 Å². The van der Waals surface area contributed by atoms with Gasteiger partial charge in [-0.2, -0.15) is 4.31 Å². The maximum absolute atomic E-state index is 13.3. The van der Waals surface area contributed by atoms with E-state index in [4.69, 9.17) is 0 Å². The van der Waals surface area contributed by atoms with E-state index < -0.39 is 22.0 Å². The zero-order valence-electron chi connectivity index (χ0n) is 18.7. The molecule has 0 aliphatic heterocycles. The fourth-order valence-electron chi connectivity index (χ4n) is 3.44. The number of nitrogens with zero attached hydrogens (tertiary/aromatic N) is 1. The van der Waals surface area contributed by atoms with Gasteiger partial charge in [0.25, 0.3) is 5.91 Å². The van der Waals surface area contributed by atoms with Gasteiger partial charge in [0.1, 0.15) is 6.04 Å².